The molecule has 0 aromatic heterocycles. The van der Waals surface area contributed by atoms with E-state index in [4.69, 9.17) is 0 Å². The molecule has 0 radical (unpaired) electrons. The van der Waals surface area contributed by atoms with E-state index in [-0.39, 0.29) is 17.7 Å². The van der Waals surface area contributed by atoms with Crippen LogP contribution in [0.3, 0.4) is 0 Å². The average molecular weight is 203 g/mol. The first-order valence-electron chi connectivity index (χ1n) is 4.14. The number of hydrogen-bond donors (Lipinski definition) is 3. The zero-order valence-corrected chi connectivity index (χ0v) is 8.14. The van der Waals surface area contributed by atoms with Crippen molar-refractivity contribution in [3.63, 3.8) is 0 Å². The van der Waals surface area contributed by atoms with Crippen LogP contribution in [0, 0.1) is 0 Å². The van der Waals surface area contributed by atoms with Gasteiger partial charge in [-0.2, -0.15) is 12.6 Å². The van der Waals surface area contributed by atoms with E-state index in [9.17, 15) is 9.59 Å². The van der Waals surface area contributed by atoms with Gasteiger partial charge in [-0.05, 0) is 0 Å². The Balaban J connectivity index is 2.12. The molecule has 1 aliphatic rings. The highest BCUT2D eigenvalue weighted by Gasteiger charge is 2.18. The maximum Gasteiger partial charge on any atom is 0.317 e. The van der Waals surface area contributed by atoms with Crippen molar-refractivity contribution in [1.29, 1.82) is 0 Å². The van der Waals surface area contributed by atoms with Crippen molar-refractivity contribution >= 4 is 24.6 Å². The molecule has 0 atom stereocenters. The predicted octanol–water partition coefficient (Wildman–Crippen LogP) is -0.942. The van der Waals surface area contributed by atoms with E-state index >= 15 is 0 Å². The lowest BCUT2D eigenvalue weighted by Gasteiger charge is -2.13. The Morgan fingerprint density at radius 1 is 1.69 bits per heavy atom. The van der Waals surface area contributed by atoms with Gasteiger partial charge in [-0.25, -0.2) is 4.79 Å². The number of rotatable bonds is 4. The summed E-state index contributed by atoms with van der Waals surface area (Å²) in [5.41, 5.74) is 0. The molecule has 0 bridgehead atoms. The summed E-state index contributed by atoms with van der Waals surface area (Å²) in [6.45, 7) is 2.47. The highest BCUT2D eigenvalue weighted by molar-refractivity contribution is 7.81. The summed E-state index contributed by atoms with van der Waals surface area (Å²) in [4.78, 5) is 23.4. The number of urea groups is 1. The molecular formula is C7H13N3O2S. The van der Waals surface area contributed by atoms with Crippen LogP contribution in [0.1, 0.15) is 0 Å². The normalized spacial score (nSPS) is 15.8. The quantitative estimate of drug-likeness (QED) is 0.516. The summed E-state index contributed by atoms with van der Waals surface area (Å²) in [6, 6.07) is -0.0554. The van der Waals surface area contributed by atoms with Gasteiger partial charge in [0.05, 0.1) is 5.75 Å². The Bertz CT molecular complexity index is 210. The number of carbonyl (C=O) groups is 2. The zero-order valence-electron chi connectivity index (χ0n) is 7.25. The van der Waals surface area contributed by atoms with E-state index < -0.39 is 0 Å². The second-order valence-electron chi connectivity index (χ2n) is 2.73. The molecule has 3 amide bonds. The number of carbonyl (C=O) groups excluding carboxylic acids is 2. The predicted molar refractivity (Wildman–Crippen MR) is 51.8 cm³/mol. The van der Waals surface area contributed by atoms with Crippen LogP contribution in [-0.2, 0) is 4.79 Å². The third-order valence-electron chi connectivity index (χ3n) is 1.79. The minimum atomic E-state index is -0.108. The van der Waals surface area contributed by atoms with E-state index in [1.54, 1.807) is 4.90 Å². The molecule has 0 spiro atoms. The standard InChI is InChI=1S/C7H13N3O2S/c11-6(5-13)8-1-3-10-4-2-9-7(10)12/h13H,1-5H2,(H,8,11)(H,9,12). The number of thiol groups is 1. The second kappa shape index (κ2) is 4.96. The van der Waals surface area contributed by atoms with Crippen LogP contribution in [0.5, 0.6) is 0 Å². The Kier molecular flexibility index (Phi) is 3.88. The summed E-state index contributed by atoms with van der Waals surface area (Å²) in [5.74, 6) is 0.0783. The zero-order chi connectivity index (χ0) is 9.68. The van der Waals surface area contributed by atoms with Gasteiger partial charge in [0, 0.05) is 26.2 Å². The van der Waals surface area contributed by atoms with Crippen molar-refractivity contribution in [2.45, 2.75) is 0 Å². The SMILES string of the molecule is O=C(CS)NCCN1CCNC1=O. The lowest BCUT2D eigenvalue weighted by Crippen LogP contribution is -2.37. The van der Waals surface area contributed by atoms with Crippen molar-refractivity contribution in [3.05, 3.63) is 0 Å². The third kappa shape index (κ3) is 3.14. The van der Waals surface area contributed by atoms with Gasteiger partial charge < -0.3 is 15.5 Å². The number of hydrogen-bond acceptors (Lipinski definition) is 3. The van der Waals surface area contributed by atoms with Gasteiger partial charge >= 0.3 is 6.03 Å². The van der Waals surface area contributed by atoms with Gasteiger partial charge in [0.25, 0.3) is 0 Å². The lowest BCUT2D eigenvalue weighted by molar-refractivity contribution is -0.118. The Morgan fingerprint density at radius 3 is 3.00 bits per heavy atom. The first-order chi connectivity index (χ1) is 6.24. The summed E-state index contributed by atoms with van der Waals surface area (Å²) in [6.07, 6.45) is 0. The molecule has 1 saturated heterocycles. The molecule has 0 aromatic carbocycles. The summed E-state index contributed by atoms with van der Waals surface area (Å²) in [5, 5.41) is 5.32. The van der Waals surface area contributed by atoms with Crippen LogP contribution in [-0.4, -0.2) is 48.8 Å². The smallest absolute Gasteiger partial charge is 0.317 e. The maximum absolute atomic E-state index is 11.0. The van der Waals surface area contributed by atoms with Crippen molar-refractivity contribution in [2.75, 3.05) is 31.9 Å². The monoisotopic (exact) mass is 203 g/mol. The van der Waals surface area contributed by atoms with Gasteiger partial charge in [-0.3, -0.25) is 4.79 Å². The Morgan fingerprint density at radius 2 is 2.46 bits per heavy atom. The molecule has 0 aromatic rings. The molecule has 5 nitrogen and oxygen atoms in total. The van der Waals surface area contributed by atoms with Crippen LogP contribution in [0.2, 0.25) is 0 Å². The van der Waals surface area contributed by atoms with E-state index in [1.807, 2.05) is 0 Å². The number of nitrogens with zero attached hydrogens (tertiary/aromatic N) is 1. The van der Waals surface area contributed by atoms with Crippen LogP contribution in [0.15, 0.2) is 0 Å². The molecule has 1 fully saturated rings. The van der Waals surface area contributed by atoms with E-state index in [0.717, 1.165) is 6.54 Å². The van der Waals surface area contributed by atoms with Crippen LogP contribution in [0.4, 0.5) is 4.79 Å². The fourth-order valence-electron chi connectivity index (χ4n) is 1.11. The maximum atomic E-state index is 11.0. The van der Waals surface area contributed by atoms with Gasteiger partial charge in [0.15, 0.2) is 0 Å². The summed E-state index contributed by atoms with van der Waals surface area (Å²) in [7, 11) is 0. The molecular weight excluding hydrogens is 190 g/mol. The molecule has 74 valence electrons. The summed E-state index contributed by atoms with van der Waals surface area (Å²) < 4.78 is 0. The van der Waals surface area contributed by atoms with E-state index in [1.165, 1.54) is 0 Å². The van der Waals surface area contributed by atoms with Crippen LogP contribution >= 0.6 is 12.6 Å². The number of amides is 3. The van der Waals surface area contributed by atoms with E-state index in [2.05, 4.69) is 23.3 Å². The van der Waals surface area contributed by atoms with Gasteiger partial charge in [0.1, 0.15) is 0 Å². The van der Waals surface area contributed by atoms with Gasteiger partial charge in [-0.1, -0.05) is 0 Å². The molecule has 0 unspecified atom stereocenters. The van der Waals surface area contributed by atoms with Crippen molar-refractivity contribution in [1.82, 2.24) is 15.5 Å². The minimum absolute atomic E-state index is 0.0554. The number of nitrogens with one attached hydrogen (secondary N) is 2. The third-order valence-corrected chi connectivity index (χ3v) is 2.08. The van der Waals surface area contributed by atoms with Crippen molar-refractivity contribution in [2.24, 2.45) is 0 Å². The molecule has 0 aliphatic carbocycles. The van der Waals surface area contributed by atoms with Crippen molar-refractivity contribution in [3.8, 4) is 0 Å². The van der Waals surface area contributed by atoms with Crippen LogP contribution < -0.4 is 10.6 Å². The molecule has 2 N–H and O–H groups in total. The fourth-order valence-corrected chi connectivity index (χ4v) is 1.22. The molecule has 1 heterocycles. The van der Waals surface area contributed by atoms with Crippen LogP contribution in [0.25, 0.3) is 0 Å². The van der Waals surface area contributed by atoms with E-state index in [0.29, 0.717) is 19.6 Å². The lowest BCUT2D eigenvalue weighted by atomic mass is 10.5. The second-order valence-corrected chi connectivity index (χ2v) is 3.04. The van der Waals surface area contributed by atoms with Gasteiger partial charge in [-0.15, -0.1) is 0 Å². The topological polar surface area (TPSA) is 61.4 Å². The minimum Gasteiger partial charge on any atom is -0.354 e. The van der Waals surface area contributed by atoms with Crippen molar-refractivity contribution < 1.29 is 9.59 Å². The molecule has 13 heavy (non-hydrogen) atoms. The molecule has 1 rings (SSSR count). The highest BCUT2D eigenvalue weighted by Crippen LogP contribution is 1.94. The molecule has 0 saturated carbocycles. The Labute approximate surface area is 82.3 Å². The van der Waals surface area contributed by atoms with Gasteiger partial charge in [0.2, 0.25) is 5.91 Å². The first-order valence-corrected chi connectivity index (χ1v) is 4.77. The molecule has 1 aliphatic heterocycles. The highest BCUT2D eigenvalue weighted by atomic mass is 32.1. The first kappa shape index (κ1) is 10.2. The molecule has 6 heteroatoms. The Hall–Kier alpha value is -0.910. The average Bonchev–Trinajstić information content (AvgIpc) is 2.52. The largest absolute Gasteiger partial charge is 0.354 e. The fraction of sp³-hybridized carbons (Fsp3) is 0.714. The summed E-state index contributed by atoms with van der Waals surface area (Å²) >= 11 is 3.81.